The maximum absolute atomic E-state index is 2.59. The van der Waals surface area contributed by atoms with E-state index in [1.807, 2.05) is 0 Å². The van der Waals surface area contributed by atoms with Crippen molar-refractivity contribution in [3.05, 3.63) is 36.4 Å². The van der Waals surface area contributed by atoms with Crippen molar-refractivity contribution in [3.63, 3.8) is 0 Å². The molecule has 0 aromatic heterocycles. The molecule has 2 aromatic rings. The zero-order valence-electron chi connectivity index (χ0n) is 12.0. The van der Waals surface area contributed by atoms with Gasteiger partial charge in [0.2, 0.25) is 0 Å². The van der Waals surface area contributed by atoms with Gasteiger partial charge in [0.25, 0.3) is 0 Å². The molecule has 1 aliphatic rings. The van der Waals surface area contributed by atoms with E-state index in [1.54, 1.807) is 0 Å². The normalized spacial score (nSPS) is 15.3. The van der Waals surface area contributed by atoms with Crippen LogP contribution in [-0.2, 0) is 0 Å². The molecule has 0 spiro atoms. The van der Waals surface area contributed by atoms with Crippen molar-refractivity contribution in [2.24, 2.45) is 0 Å². The van der Waals surface area contributed by atoms with Crippen LogP contribution in [0.15, 0.2) is 36.4 Å². The molecule has 0 bridgehead atoms. The Morgan fingerprint density at radius 1 is 1.00 bits per heavy atom. The third-order valence-corrected chi connectivity index (χ3v) is 7.18. The van der Waals surface area contributed by atoms with Gasteiger partial charge in [0.05, 0.1) is 0 Å². The van der Waals surface area contributed by atoms with Crippen molar-refractivity contribution < 1.29 is 3.44 Å². The van der Waals surface area contributed by atoms with E-state index in [9.17, 15) is 0 Å². The van der Waals surface area contributed by atoms with Crippen LogP contribution >= 0.6 is 0 Å². The van der Waals surface area contributed by atoms with E-state index in [0.29, 0.717) is 12.1 Å². The molecular formula is C16H20AsN2+. The summed E-state index contributed by atoms with van der Waals surface area (Å²) in [6, 6.07) is 14.5. The van der Waals surface area contributed by atoms with Gasteiger partial charge < -0.3 is 0 Å². The number of hydrogen-bond acceptors (Lipinski definition) is 1. The van der Waals surface area contributed by atoms with Crippen LogP contribution in [0.25, 0.3) is 10.8 Å². The van der Waals surface area contributed by atoms with E-state index < -0.39 is 0 Å². The van der Waals surface area contributed by atoms with Crippen LogP contribution in [-0.4, -0.2) is 31.3 Å². The van der Waals surface area contributed by atoms with Gasteiger partial charge in [-0.15, -0.1) is 0 Å². The number of anilines is 1. The number of benzene rings is 2. The summed E-state index contributed by atoms with van der Waals surface area (Å²) < 4.78 is 5.18. The van der Waals surface area contributed by atoms with Gasteiger partial charge in [-0.25, -0.2) is 0 Å². The van der Waals surface area contributed by atoms with Gasteiger partial charge in [-0.1, -0.05) is 0 Å². The Hall–Kier alpha value is -1.14. The minimum atomic E-state index is 0.0186. The first-order valence-corrected chi connectivity index (χ1v) is 8.59. The van der Waals surface area contributed by atoms with Crippen LogP contribution < -0.4 is 3.82 Å². The van der Waals surface area contributed by atoms with E-state index in [2.05, 4.69) is 71.4 Å². The quantitative estimate of drug-likeness (QED) is 0.761. The molecule has 0 atom stereocenters. The Morgan fingerprint density at radius 2 is 1.68 bits per heavy atom. The van der Waals surface area contributed by atoms with Crippen molar-refractivity contribution in [2.75, 3.05) is 3.82 Å². The van der Waals surface area contributed by atoms with Crippen LogP contribution in [0.3, 0.4) is 0 Å². The third kappa shape index (κ3) is 2.03. The predicted octanol–water partition coefficient (Wildman–Crippen LogP) is 3.92. The Bertz CT molecular complexity index is 654. The molecule has 3 rings (SSSR count). The molecule has 98 valence electrons. The monoisotopic (exact) mass is 315 g/mol. The third-order valence-electron chi connectivity index (χ3n) is 3.53. The van der Waals surface area contributed by atoms with Gasteiger partial charge in [0.15, 0.2) is 0 Å². The number of nitrogens with zero attached hydrogens (tertiary/aromatic N) is 2. The molecule has 0 radical (unpaired) electrons. The van der Waals surface area contributed by atoms with Crippen molar-refractivity contribution in [2.45, 2.75) is 39.8 Å². The average molecular weight is 315 g/mol. The summed E-state index contributed by atoms with van der Waals surface area (Å²) in [5.41, 5.74) is 2.83. The van der Waals surface area contributed by atoms with E-state index in [4.69, 9.17) is 0 Å². The van der Waals surface area contributed by atoms with Crippen molar-refractivity contribution >= 4 is 37.9 Å². The molecule has 0 unspecified atom stereocenters. The van der Waals surface area contributed by atoms with E-state index in [1.165, 1.54) is 22.1 Å². The van der Waals surface area contributed by atoms with Crippen LogP contribution in [0.1, 0.15) is 27.7 Å². The molecule has 2 nitrogen and oxygen atoms in total. The molecule has 0 amide bonds. The predicted molar refractivity (Wildman–Crippen MR) is 82.4 cm³/mol. The molecule has 2 aromatic carbocycles. The fraction of sp³-hybridized carbons (Fsp3) is 0.375. The second kappa shape index (κ2) is 4.76. The summed E-state index contributed by atoms with van der Waals surface area (Å²) in [5, 5.41) is 2.78. The van der Waals surface area contributed by atoms with Gasteiger partial charge in [0.1, 0.15) is 0 Å². The topological polar surface area (TPSA) is 6.25 Å². The van der Waals surface area contributed by atoms with Gasteiger partial charge in [-0.2, -0.15) is 0 Å². The summed E-state index contributed by atoms with van der Waals surface area (Å²) in [6.45, 7) is 9.17. The van der Waals surface area contributed by atoms with E-state index in [-0.39, 0.29) is 15.8 Å². The molecule has 0 aliphatic carbocycles. The molecular weight excluding hydrogens is 295 g/mol. The second-order valence-electron chi connectivity index (χ2n) is 5.62. The summed E-state index contributed by atoms with van der Waals surface area (Å²) >= 11 is 0.0186. The molecule has 1 heterocycles. The Morgan fingerprint density at radius 3 is 2.32 bits per heavy atom. The Balaban J connectivity index is 2.36. The fourth-order valence-electron chi connectivity index (χ4n) is 2.65. The first kappa shape index (κ1) is 12.9. The summed E-state index contributed by atoms with van der Waals surface area (Å²) in [4.78, 5) is 0. The van der Waals surface area contributed by atoms with Gasteiger partial charge in [-0.05, 0) is 0 Å². The Kier molecular flexibility index (Phi) is 3.22. The van der Waals surface area contributed by atoms with Crippen LogP contribution in [0.2, 0.25) is 0 Å². The van der Waals surface area contributed by atoms with Crippen LogP contribution in [0.5, 0.6) is 0 Å². The molecule has 3 heteroatoms. The first-order chi connectivity index (χ1) is 9.09. The van der Waals surface area contributed by atoms with E-state index >= 15 is 0 Å². The zero-order chi connectivity index (χ0) is 13.6. The van der Waals surface area contributed by atoms with E-state index in [0.717, 1.165) is 0 Å². The number of rotatable bonds is 2. The molecule has 0 N–H and O–H groups in total. The van der Waals surface area contributed by atoms with Crippen molar-refractivity contribution in [3.8, 4) is 0 Å². The van der Waals surface area contributed by atoms with Crippen LogP contribution in [0, 0.1) is 0 Å². The molecule has 19 heavy (non-hydrogen) atoms. The molecule has 0 saturated carbocycles. The zero-order valence-corrected chi connectivity index (χ0v) is 13.8. The minimum absolute atomic E-state index is 0.0186. The van der Waals surface area contributed by atoms with Gasteiger partial charge in [-0.3, -0.25) is 0 Å². The van der Waals surface area contributed by atoms with Crippen molar-refractivity contribution in [1.82, 2.24) is 0 Å². The molecule has 1 aliphatic heterocycles. The fourth-order valence-corrected chi connectivity index (χ4v) is 5.05. The SMILES string of the molecule is CC(C)N1[As]=[N+](C(C)C)c2cccc3cccc1c23. The number of hydrogen-bond donors (Lipinski definition) is 0. The summed E-state index contributed by atoms with van der Waals surface area (Å²) in [5.74, 6) is 0. The van der Waals surface area contributed by atoms with Gasteiger partial charge in [0, 0.05) is 0 Å². The maximum atomic E-state index is 2.59. The standard InChI is InChI=1S/C16H20AsN2/c1-11(2)18-14-9-5-7-13-8-6-10-15(16(13)14)19(17-18)12(3)4/h5-12H,1-4H3/q+1. The first-order valence-electron chi connectivity index (χ1n) is 6.91. The van der Waals surface area contributed by atoms with Crippen molar-refractivity contribution in [1.29, 1.82) is 0 Å². The Labute approximate surface area is 121 Å². The van der Waals surface area contributed by atoms with Gasteiger partial charge >= 0.3 is 121 Å². The summed E-state index contributed by atoms with van der Waals surface area (Å²) in [6.07, 6.45) is 0. The average Bonchev–Trinajstić information content (AvgIpc) is 2.39. The summed E-state index contributed by atoms with van der Waals surface area (Å²) in [7, 11) is 0. The molecule has 0 fully saturated rings. The second-order valence-corrected chi connectivity index (χ2v) is 7.80. The molecule has 0 saturated heterocycles. The van der Waals surface area contributed by atoms with Crippen LogP contribution in [0.4, 0.5) is 11.4 Å².